The largest absolute Gasteiger partial charge is 0.507 e. The molecule has 3 rings (SSSR count). The molecule has 0 saturated carbocycles. The van der Waals surface area contributed by atoms with E-state index in [1.165, 1.54) is 24.3 Å². The van der Waals surface area contributed by atoms with Gasteiger partial charge in [-0.1, -0.05) is 24.3 Å². The number of para-hydroxylation sites is 1. The fourth-order valence-electron chi connectivity index (χ4n) is 2.32. The van der Waals surface area contributed by atoms with E-state index in [4.69, 9.17) is 5.11 Å². The van der Waals surface area contributed by atoms with Crippen LogP contribution in [0.4, 0.5) is 5.69 Å². The van der Waals surface area contributed by atoms with Gasteiger partial charge >= 0.3 is 5.97 Å². The van der Waals surface area contributed by atoms with Gasteiger partial charge in [0.05, 0.1) is 11.1 Å². The summed E-state index contributed by atoms with van der Waals surface area (Å²) in [5.74, 6) is -1.67. The van der Waals surface area contributed by atoms with Gasteiger partial charge in [0.15, 0.2) is 0 Å². The summed E-state index contributed by atoms with van der Waals surface area (Å²) in [6.07, 6.45) is 0. The summed E-state index contributed by atoms with van der Waals surface area (Å²) in [5, 5.41) is 23.0. The molecule has 0 bridgehead atoms. The summed E-state index contributed by atoms with van der Waals surface area (Å²) in [5.41, 5.74) is 0.817. The molecule has 5 nitrogen and oxygen atoms in total. The Morgan fingerprint density at radius 3 is 2.30 bits per heavy atom. The smallest absolute Gasteiger partial charge is 0.335 e. The number of nitrogens with one attached hydrogen (secondary N) is 1. The lowest BCUT2D eigenvalue weighted by Gasteiger charge is -2.09. The molecule has 0 fully saturated rings. The summed E-state index contributed by atoms with van der Waals surface area (Å²) in [6.45, 7) is 0. The van der Waals surface area contributed by atoms with Crippen LogP contribution in [0, 0.1) is 0 Å². The Bertz CT molecular complexity index is 904. The summed E-state index contributed by atoms with van der Waals surface area (Å²) >= 11 is 0. The van der Waals surface area contributed by atoms with Crippen molar-refractivity contribution in [2.75, 3.05) is 5.32 Å². The van der Waals surface area contributed by atoms with E-state index in [0.29, 0.717) is 16.5 Å². The summed E-state index contributed by atoms with van der Waals surface area (Å²) in [4.78, 5) is 23.4. The van der Waals surface area contributed by atoms with Gasteiger partial charge in [0.25, 0.3) is 5.91 Å². The highest BCUT2D eigenvalue weighted by molar-refractivity contribution is 6.09. The molecule has 0 heterocycles. The SMILES string of the molecule is O=C(O)c1ccc2cc(O)c(C(=O)Nc3ccccc3)cc2c1. The summed E-state index contributed by atoms with van der Waals surface area (Å²) < 4.78 is 0. The number of rotatable bonds is 3. The number of carbonyl (C=O) groups is 2. The molecular weight excluding hydrogens is 294 g/mol. The Balaban J connectivity index is 2.01. The predicted molar refractivity (Wildman–Crippen MR) is 87.0 cm³/mol. The molecule has 0 aliphatic rings. The maximum absolute atomic E-state index is 12.3. The lowest BCUT2D eigenvalue weighted by molar-refractivity contribution is 0.0697. The number of benzene rings is 3. The zero-order valence-electron chi connectivity index (χ0n) is 12.0. The molecule has 3 N–H and O–H groups in total. The third kappa shape index (κ3) is 2.98. The Kier molecular flexibility index (Phi) is 3.68. The van der Waals surface area contributed by atoms with Gasteiger partial charge in [0.2, 0.25) is 0 Å². The summed E-state index contributed by atoms with van der Waals surface area (Å²) in [6, 6.07) is 16.3. The first kappa shape index (κ1) is 14.6. The normalized spacial score (nSPS) is 10.4. The number of anilines is 1. The minimum atomic E-state index is -1.05. The minimum Gasteiger partial charge on any atom is -0.507 e. The molecule has 0 radical (unpaired) electrons. The van der Waals surface area contributed by atoms with E-state index in [-0.39, 0.29) is 16.9 Å². The molecule has 5 heteroatoms. The highest BCUT2D eigenvalue weighted by Gasteiger charge is 2.14. The van der Waals surface area contributed by atoms with Crippen LogP contribution in [-0.4, -0.2) is 22.1 Å². The van der Waals surface area contributed by atoms with Gasteiger partial charge in [-0.3, -0.25) is 4.79 Å². The van der Waals surface area contributed by atoms with Crippen molar-refractivity contribution in [3.8, 4) is 5.75 Å². The van der Waals surface area contributed by atoms with Crippen molar-refractivity contribution in [2.45, 2.75) is 0 Å². The highest BCUT2D eigenvalue weighted by atomic mass is 16.4. The van der Waals surface area contributed by atoms with E-state index >= 15 is 0 Å². The van der Waals surface area contributed by atoms with Crippen LogP contribution in [-0.2, 0) is 0 Å². The van der Waals surface area contributed by atoms with Crippen molar-refractivity contribution in [3.63, 3.8) is 0 Å². The number of hydrogen-bond acceptors (Lipinski definition) is 3. The Hall–Kier alpha value is -3.34. The van der Waals surface area contributed by atoms with E-state index < -0.39 is 11.9 Å². The van der Waals surface area contributed by atoms with Crippen LogP contribution in [0.3, 0.4) is 0 Å². The van der Waals surface area contributed by atoms with E-state index in [0.717, 1.165) is 0 Å². The van der Waals surface area contributed by atoms with Crippen LogP contribution in [0.1, 0.15) is 20.7 Å². The zero-order chi connectivity index (χ0) is 16.4. The second-order valence-electron chi connectivity index (χ2n) is 5.06. The average molecular weight is 307 g/mol. The molecule has 3 aromatic carbocycles. The molecule has 0 unspecified atom stereocenters. The quantitative estimate of drug-likeness (QED) is 0.691. The predicted octanol–water partition coefficient (Wildman–Crippen LogP) is 3.50. The number of carbonyl (C=O) groups excluding carboxylic acids is 1. The highest BCUT2D eigenvalue weighted by Crippen LogP contribution is 2.26. The van der Waals surface area contributed by atoms with Crippen molar-refractivity contribution in [1.82, 2.24) is 0 Å². The average Bonchev–Trinajstić information content (AvgIpc) is 2.54. The van der Waals surface area contributed by atoms with Crippen LogP contribution < -0.4 is 5.32 Å². The molecule has 0 spiro atoms. The van der Waals surface area contributed by atoms with Gasteiger partial charge < -0.3 is 15.5 Å². The number of amides is 1. The number of phenolic OH excluding ortho intramolecular Hbond substituents is 1. The van der Waals surface area contributed by atoms with Gasteiger partial charge in [-0.2, -0.15) is 0 Å². The monoisotopic (exact) mass is 307 g/mol. The second kappa shape index (κ2) is 5.81. The van der Waals surface area contributed by atoms with Crippen molar-refractivity contribution >= 4 is 28.3 Å². The fraction of sp³-hybridized carbons (Fsp3) is 0. The minimum absolute atomic E-state index is 0.0869. The number of aromatic carboxylic acids is 1. The first-order valence-corrected chi connectivity index (χ1v) is 6.91. The number of fused-ring (bicyclic) bond motifs is 1. The molecule has 0 aliphatic carbocycles. The first-order chi connectivity index (χ1) is 11.0. The third-order valence-electron chi connectivity index (χ3n) is 3.48. The van der Waals surface area contributed by atoms with Crippen LogP contribution in [0.5, 0.6) is 5.75 Å². The third-order valence-corrected chi connectivity index (χ3v) is 3.48. The first-order valence-electron chi connectivity index (χ1n) is 6.91. The lowest BCUT2D eigenvalue weighted by atomic mass is 10.0. The van der Waals surface area contributed by atoms with E-state index in [9.17, 15) is 14.7 Å². The second-order valence-corrected chi connectivity index (χ2v) is 5.06. The van der Waals surface area contributed by atoms with Crippen LogP contribution in [0.25, 0.3) is 10.8 Å². The fourth-order valence-corrected chi connectivity index (χ4v) is 2.32. The molecule has 114 valence electrons. The number of phenols is 1. The van der Waals surface area contributed by atoms with Gasteiger partial charge in [-0.15, -0.1) is 0 Å². The van der Waals surface area contributed by atoms with Gasteiger partial charge in [-0.05, 0) is 47.2 Å². The van der Waals surface area contributed by atoms with Gasteiger partial charge in [0, 0.05) is 5.69 Å². The molecule has 0 aromatic heterocycles. The van der Waals surface area contributed by atoms with Crippen molar-refractivity contribution in [1.29, 1.82) is 0 Å². The Labute approximate surface area is 131 Å². The standard InChI is InChI=1S/C18H13NO4/c20-16-10-11-6-7-12(18(22)23)8-13(11)9-15(16)17(21)19-14-4-2-1-3-5-14/h1-10,20H,(H,19,21)(H,22,23). The number of carboxylic acids is 1. The van der Waals surface area contributed by atoms with E-state index in [2.05, 4.69) is 5.32 Å². The Morgan fingerprint density at radius 1 is 0.870 bits per heavy atom. The van der Waals surface area contributed by atoms with Crippen LogP contribution in [0.2, 0.25) is 0 Å². The number of aromatic hydroxyl groups is 1. The summed E-state index contributed by atoms with van der Waals surface area (Å²) in [7, 11) is 0. The maximum atomic E-state index is 12.3. The molecule has 0 atom stereocenters. The zero-order valence-corrected chi connectivity index (χ0v) is 12.0. The van der Waals surface area contributed by atoms with Gasteiger partial charge in [0.1, 0.15) is 5.75 Å². The van der Waals surface area contributed by atoms with Gasteiger partial charge in [-0.25, -0.2) is 4.79 Å². The molecule has 1 amide bonds. The number of carboxylic acid groups (broad SMARTS) is 1. The molecule has 0 aliphatic heterocycles. The molecule has 0 saturated heterocycles. The van der Waals surface area contributed by atoms with E-state index in [1.807, 2.05) is 6.07 Å². The Morgan fingerprint density at radius 2 is 1.61 bits per heavy atom. The molecule has 3 aromatic rings. The number of hydrogen-bond donors (Lipinski definition) is 3. The lowest BCUT2D eigenvalue weighted by Crippen LogP contribution is -2.12. The molecular formula is C18H13NO4. The van der Waals surface area contributed by atoms with Crippen molar-refractivity contribution in [3.05, 3.63) is 71.8 Å². The van der Waals surface area contributed by atoms with Crippen LogP contribution in [0.15, 0.2) is 60.7 Å². The van der Waals surface area contributed by atoms with Crippen molar-refractivity contribution in [2.24, 2.45) is 0 Å². The topological polar surface area (TPSA) is 86.6 Å². The molecule has 23 heavy (non-hydrogen) atoms. The maximum Gasteiger partial charge on any atom is 0.335 e. The van der Waals surface area contributed by atoms with Crippen molar-refractivity contribution < 1.29 is 19.8 Å². The van der Waals surface area contributed by atoms with E-state index in [1.54, 1.807) is 30.3 Å². The van der Waals surface area contributed by atoms with Crippen LogP contribution >= 0.6 is 0 Å².